The van der Waals surface area contributed by atoms with E-state index in [9.17, 15) is 9.59 Å². The summed E-state index contributed by atoms with van der Waals surface area (Å²) in [5.74, 6) is -0.0963. The molecule has 0 aliphatic heterocycles. The largest absolute Gasteiger partial charge is 0.383 e. The molecule has 5 nitrogen and oxygen atoms in total. The van der Waals surface area contributed by atoms with Gasteiger partial charge >= 0.3 is 0 Å². The molecule has 3 aromatic rings. The van der Waals surface area contributed by atoms with Crippen LogP contribution in [0.4, 0.5) is 5.69 Å². The van der Waals surface area contributed by atoms with Crippen molar-refractivity contribution >= 4 is 34.0 Å². The summed E-state index contributed by atoms with van der Waals surface area (Å²) in [5, 5.41) is 4.90. The molecule has 140 valence electrons. The van der Waals surface area contributed by atoms with E-state index in [1.54, 1.807) is 30.0 Å². The molecular weight excluding hydrogens is 364 g/mol. The molecule has 0 aliphatic carbocycles. The number of rotatable bonds is 7. The first-order valence-corrected chi connectivity index (χ1v) is 9.11. The topological polar surface area (TPSA) is 60.3 Å². The standard InChI is InChI=1S/C21H21ClN2O3/c1-27-14-13-24-12-11-17-18(21(24)26)3-2-4-19(17)23-20(25)10-7-15-5-8-16(22)9-6-15/h2-6,8-9,11-12H,7,10,13-14H2,1H3,(H,23,25). The van der Waals surface area contributed by atoms with E-state index in [1.165, 1.54) is 0 Å². The summed E-state index contributed by atoms with van der Waals surface area (Å²) in [7, 11) is 1.60. The van der Waals surface area contributed by atoms with Crippen LogP contribution in [0.2, 0.25) is 5.02 Å². The third-order valence-corrected chi connectivity index (χ3v) is 4.63. The molecule has 1 N–H and O–H groups in total. The molecule has 0 spiro atoms. The monoisotopic (exact) mass is 384 g/mol. The number of hydrogen-bond acceptors (Lipinski definition) is 3. The fraction of sp³-hybridized carbons (Fsp3) is 0.238. The summed E-state index contributed by atoms with van der Waals surface area (Å²) >= 11 is 5.88. The minimum absolute atomic E-state index is 0.0955. The maximum atomic E-state index is 12.6. The molecule has 0 saturated carbocycles. The van der Waals surface area contributed by atoms with Crippen LogP contribution >= 0.6 is 11.6 Å². The average molecular weight is 385 g/mol. The summed E-state index contributed by atoms with van der Waals surface area (Å²) in [5.41, 5.74) is 1.60. The second-order valence-corrected chi connectivity index (χ2v) is 6.68. The van der Waals surface area contributed by atoms with Crippen LogP contribution in [0.15, 0.2) is 59.5 Å². The van der Waals surface area contributed by atoms with Crippen LogP contribution in [-0.2, 0) is 22.5 Å². The van der Waals surface area contributed by atoms with E-state index in [1.807, 2.05) is 36.4 Å². The normalized spacial score (nSPS) is 10.9. The summed E-state index contributed by atoms with van der Waals surface area (Å²) in [6.07, 6.45) is 2.70. The van der Waals surface area contributed by atoms with Crippen LogP contribution in [0.1, 0.15) is 12.0 Å². The van der Waals surface area contributed by atoms with E-state index in [-0.39, 0.29) is 11.5 Å². The molecule has 6 heteroatoms. The number of methoxy groups -OCH3 is 1. The molecule has 0 fully saturated rings. The number of carbonyl (C=O) groups excluding carboxylic acids is 1. The molecule has 0 saturated heterocycles. The predicted octanol–water partition coefficient (Wildman–Crippen LogP) is 3.87. The van der Waals surface area contributed by atoms with Crippen LogP contribution < -0.4 is 10.9 Å². The van der Waals surface area contributed by atoms with Gasteiger partial charge in [0.25, 0.3) is 5.56 Å². The molecule has 1 aromatic heterocycles. The van der Waals surface area contributed by atoms with Crippen LogP contribution in [0.5, 0.6) is 0 Å². The number of amides is 1. The van der Waals surface area contributed by atoms with E-state index in [2.05, 4.69) is 5.32 Å². The van der Waals surface area contributed by atoms with Gasteiger partial charge in [-0.15, -0.1) is 0 Å². The van der Waals surface area contributed by atoms with E-state index in [0.29, 0.717) is 42.1 Å². The van der Waals surface area contributed by atoms with Crippen molar-refractivity contribution < 1.29 is 9.53 Å². The number of anilines is 1. The highest BCUT2D eigenvalue weighted by molar-refractivity contribution is 6.30. The first-order chi connectivity index (χ1) is 13.1. The van der Waals surface area contributed by atoms with Gasteiger partial charge in [-0.2, -0.15) is 0 Å². The lowest BCUT2D eigenvalue weighted by Gasteiger charge is -2.11. The van der Waals surface area contributed by atoms with Crippen molar-refractivity contribution in [2.45, 2.75) is 19.4 Å². The Hall–Kier alpha value is -2.63. The molecule has 1 amide bonds. The smallest absolute Gasteiger partial charge is 0.258 e. The first kappa shape index (κ1) is 19.1. The second kappa shape index (κ2) is 8.84. The van der Waals surface area contributed by atoms with Crippen molar-refractivity contribution in [2.24, 2.45) is 0 Å². The van der Waals surface area contributed by atoms with Crippen LogP contribution in [-0.4, -0.2) is 24.2 Å². The SMILES string of the molecule is COCCn1ccc2c(NC(=O)CCc3ccc(Cl)cc3)cccc2c1=O. The number of halogens is 1. The number of nitrogens with one attached hydrogen (secondary N) is 1. The predicted molar refractivity (Wildman–Crippen MR) is 108 cm³/mol. The van der Waals surface area contributed by atoms with Gasteiger partial charge in [-0.3, -0.25) is 9.59 Å². The highest BCUT2D eigenvalue weighted by Gasteiger charge is 2.09. The number of nitrogens with zero attached hydrogens (tertiary/aromatic N) is 1. The zero-order chi connectivity index (χ0) is 19.2. The Bertz CT molecular complexity index is 996. The van der Waals surface area contributed by atoms with Crippen molar-refractivity contribution in [3.8, 4) is 0 Å². The molecule has 0 aliphatic rings. The van der Waals surface area contributed by atoms with Gasteiger partial charge in [0, 0.05) is 47.8 Å². The number of ether oxygens (including phenoxy) is 1. The van der Waals surface area contributed by atoms with E-state index < -0.39 is 0 Å². The third kappa shape index (κ3) is 4.76. The molecule has 0 bridgehead atoms. The Kier molecular flexibility index (Phi) is 6.27. The number of aromatic nitrogens is 1. The molecule has 0 radical (unpaired) electrons. The van der Waals surface area contributed by atoms with Gasteiger partial charge in [0.05, 0.1) is 6.61 Å². The fourth-order valence-corrected chi connectivity index (χ4v) is 3.04. The van der Waals surface area contributed by atoms with Crippen molar-refractivity contribution in [3.63, 3.8) is 0 Å². The molecule has 0 unspecified atom stereocenters. The number of hydrogen-bond donors (Lipinski definition) is 1. The Morgan fingerprint density at radius 1 is 1.11 bits per heavy atom. The summed E-state index contributed by atoms with van der Waals surface area (Å²) in [4.78, 5) is 24.9. The lowest BCUT2D eigenvalue weighted by Crippen LogP contribution is -2.22. The van der Waals surface area contributed by atoms with Crippen molar-refractivity contribution in [3.05, 3.63) is 75.7 Å². The maximum absolute atomic E-state index is 12.6. The highest BCUT2D eigenvalue weighted by Crippen LogP contribution is 2.21. The van der Waals surface area contributed by atoms with Gasteiger partial charge in [0.2, 0.25) is 5.91 Å². The fourth-order valence-electron chi connectivity index (χ4n) is 2.91. The quantitative estimate of drug-likeness (QED) is 0.672. The molecular formula is C21H21ClN2O3. The van der Waals surface area contributed by atoms with Crippen LogP contribution in [0, 0.1) is 0 Å². The molecule has 2 aromatic carbocycles. The number of carbonyl (C=O) groups is 1. The Morgan fingerprint density at radius 3 is 2.63 bits per heavy atom. The second-order valence-electron chi connectivity index (χ2n) is 6.25. The average Bonchev–Trinajstić information content (AvgIpc) is 2.67. The maximum Gasteiger partial charge on any atom is 0.258 e. The summed E-state index contributed by atoms with van der Waals surface area (Å²) < 4.78 is 6.64. The van der Waals surface area contributed by atoms with Gasteiger partial charge in [-0.25, -0.2) is 0 Å². The Morgan fingerprint density at radius 2 is 1.89 bits per heavy atom. The van der Waals surface area contributed by atoms with Gasteiger partial charge < -0.3 is 14.6 Å². The first-order valence-electron chi connectivity index (χ1n) is 8.74. The summed E-state index contributed by atoms with van der Waals surface area (Å²) in [6, 6.07) is 14.7. The minimum atomic E-state index is -0.0963. The molecule has 1 heterocycles. The summed E-state index contributed by atoms with van der Waals surface area (Å²) in [6.45, 7) is 0.954. The van der Waals surface area contributed by atoms with E-state index in [0.717, 1.165) is 10.9 Å². The Balaban J connectivity index is 1.74. The molecule has 3 rings (SSSR count). The lowest BCUT2D eigenvalue weighted by atomic mass is 10.1. The zero-order valence-corrected chi connectivity index (χ0v) is 15.8. The number of fused-ring (bicyclic) bond motifs is 1. The van der Waals surface area contributed by atoms with Gasteiger partial charge in [-0.05, 0) is 42.3 Å². The zero-order valence-electron chi connectivity index (χ0n) is 15.1. The number of benzene rings is 2. The van der Waals surface area contributed by atoms with Gasteiger partial charge in [0.1, 0.15) is 0 Å². The van der Waals surface area contributed by atoms with Crippen molar-refractivity contribution in [2.75, 3.05) is 19.0 Å². The van der Waals surface area contributed by atoms with Crippen LogP contribution in [0.3, 0.4) is 0 Å². The third-order valence-electron chi connectivity index (χ3n) is 4.38. The van der Waals surface area contributed by atoms with E-state index >= 15 is 0 Å². The van der Waals surface area contributed by atoms with Gasteiger partial charge in [0.15, 0.2) is 0 Å². The van der Waals surface area contributed by atoms with Gasteiger partial charge in [-0.1, -0.05) is 29.8 Å². The highest BCUT2D eigenvalue weighted by atomic mass is 35.5. The number of pyridine rings is 1. The van der Waals surface area contributed by atoms with Crippen molar-refractivity contribution in [1.29, 1.82) is 0 Å². The number of aryl methyl sites for hydroxylation is 1. The van der Waals surface area contributed by atoms with Crippen molar-refractivity contribution in [1.82, 2.24) is 4.57 Å². The van der Waals surface area contributed by atoms with Crippen LogP contribution in [0.25, 0.3) is 10.8 Å². The molecule has 0 atom stereocenters. The minimum Gasteiger partial charge on any atom is -0.383 e. The molecule has 27 heavy (non-hydrogen) atoms. The Labute approximate surface area is 162 Å². The van der Waals surface area contributed by atoms with E-state index in [4.69, 9.17) is 16.3 Å². The lowest BCUT2D eigenvalue weighted by molar-refractivity contribution is -0.116.